The van der Waals surface area contributed by atoms with Crippen LogP contribution in [-0.2, 0) is 24.3 Å². The molecule has 1 aliphatic rings. The maximum absolute atomic E-state index is 12.4. The van der Waals surface area contributed by atoms with Gasteiger partial charge in [0, 0.05) is 32.6 Å². The van der Waals surface area contributed by atoms with Gasteiger partial charge in [0.2, 0.25) is 0 Å². The third-order valence-electron chi connectivity index (χ3n) is 6.27. The van der Waals surface area contributed by atoms with Gasteiger partial charge in [0.1, 0.15) is 17.3 Å². The molecule has 0 radical (unpaired) electrons. The van der Waals surface area contributed by atoms with Gasteiger partial charge in [-0.15, -0.1) is 10.2 Å². The molecule has 1 aliphatic heterocycles. The summed E-state index contributed by atoms with van der Waals surface area (Å²) in [5.74, 6) is 3.15. The first-order valence-corrected chi connectivity index (χ1v) is 11.7. The molecule has 0 saturated heterocycles. The van der Waals surface area contributed by atoms with E-state index in [0.717, 1.165) is 55.6 Å². The molecule has 34 heavy (non-hydrogen) atoms. The van der Waals surface area contributed by atoms with Gasteiger partial charge in [-0.3, -0.25) is 9.69 Å². The van der Waals surface area contributed by atoms with Crippen molar-refractivity contribution in [1.29, 1.82) is 0 Å². The molecular weight excluding hydrogens is 430 g/mol. The maximum atomic E-state index is 12.4. The molecule has 1 N–H and O–H groups in total. The number of nitrogens with zero attached hydrogens (tertiary/aromatic N) is 4. The van der Waals surface area contributed by atoms with E-state index in [9.17, 15) is 4.79 Å². The van der Waals surface area contributed by atoms with E-state index >= 15 is 0 Å². The molecule has 180 valence electrons. The molecule has 2 heterocycles. The molecule has 3 aromatic rings. The number of amides is 1. The highest BCUT2D eigenvalue weighted by molar-refractivity contribution is 5.77. The lowest BCUT2D eigenvalue weighted by Crippen LogP contribution is -2.33. The van der Waals surface area contributed by atoms with Crippen molar-refractivity contribution >= 4 is 5.91 Å². The van der Waals surface area contributed by atoms with Crippen molar-refractivity contribution in [1.82, 2.24) is 25.0 Å². The number of methoxy groups -OCH3 is 1. The smallest absolute Gasteiger partial charge is 0.258 e. The third-order valence-corrected chi connectivity index (χ3v) is 6.27. The van der Waals surface area contributed by atoms with E-state index in [-0.39, 0.29) is 18.6 Å². The van der Waals surface area contributed by atoms with Crippen molar-refractivity contribution in [3.8, 4) is 11.5 Å². The summed E-state index contributed by atoms with van der Waals surface area (Å²) in [6, 6.07) is 13.4. The number of hydrogen-bond donors (Lipinski definition) is 1. The number of carbonyl (C=O) groups is 1. The van der Waals surface area contributed by atoms with Crippen LogP contribution >= 0.6 is 0 Å². The number of para-hydroxylation sites is 1. The first-order chi connectivity index (χ1) is 16.4. The zero-order valence-corrected chi connectivity index (χ0v) is 20.4. The first kappa shape index (κ1) is 23.8. The maximum Gasteiger partial charge on any atom is 0.258 e. The van der Waals surface area contributed by atoms with E-state index in [2.05, 4.69) is 51.0 Å². The van der Waals surface area contributed by atoms with Crippen LogP contribution in [0.2, 0.25) is 0 Å². The van der Waals surface area contributed by atoms with Crippen molar-refractivity contribution in [3.05, 3.63) is 70.8 Å². The summed E-state index contributed by atoms with van der Waals surface area (Å²) in [5, 5.41) is 11.8. The predicted molar refractivity (Wildman–Crippen MR) is 130 cm³/mol. The lowest BCUT2D eigenvalue weighted by molar-refractivity contribution is -0.123. The lowest BCUT2D eigenvalue weighted by Gasteiger charge is -2.22. The fourth-order valence-corrected chi connectivity index (χ4v) is 4.36. The number of benzene rings is 2. The van der Waals surface area contributed by atoms with Crippen LogP contribution in [0, 0.1) is 13.8 Å². The second-order valence-corrected chi connectivity index (χ2v) is 8.79. The molecule has 0 saturated carbocycles. The van der Waals surface area contributed by atoms with Crippen LogP contribution in [0.5, 0.6) is 11.5 Å². The van der Waals surface area contributed by atoms with Gasteiger partial charge < -0.3 is 19.4 Å². The zero-order chi connectivity index (χ0) is 24.1. The lowest BCUT2D eigenvalue weighted by atomic mass is 10.0. The van der Waals surface area contributed by atoms with Crippen LogP contribution in [0.15, 0.2) is 42.5 Å². The van der Waals surface area contributed by atoms with E-state index in [4.69, 9.17) is 9.47 Å². The minimum Gasteiger partial charge on any atom is -0.496 e. The Balaban J connectivity index is 1.35. The molecule has 4 rings (SSSR count). The highest BCUT2D eigenvalue weighted by Gasteiger charge is 2.23. The highest BCUT2D eigenvalue weighted by Crippen LogP contribution is 2.24. The van der Waals surface area contributed by atoms with Gasteiger partial charge in [0.05, 0.1) is 13.2 Å². The number of carbonyl (C=O) groups excluding carboxylic acids is 1. The number of ether oxygens (including phenoxy) is 2. The average molecular weight is 464 g/mol. The van der Waals surface area contributed by atoms with Gasteiger partial charge in [-0.1, -0.05) is 24.3 Å². The topological polar surface area (TPSA) is 81.5 Å². The first-order valence-electron chi connectivity index (χ1n) is 11.7. The van der Waals surface area contributed by atoms with Crippen molar-refractivity contribution < 1.29 is 14.3 Å². The van der Waals surface area contributed by atoms with Crippen molar-refractivity contribution in [2.45, 2.75) is 46.3 Å². The van der Waals surface area contributed by atoms with E-state index < -0.39 is 0 Å². The molecule has 0 bridgehead atoms. The number of aryl methyl sites for hydroxylation is 2. The Hall–Kier alpha value is -3.39. The van der Waals surface area contributed by atoms with Gasteiger partial charge >= 0.3 is 0 Å². The molecule has 8 nitrogen and oxygen atoms in total. The van der Waals surface area contributed by atoms with E-state index in [0.29, 0.717) is 5.75 Å². The molecule has 8 heteroatoms. The monoisotopic (exact) mass is 463 g/mol. The number of rotatable bonds is 8. The van der Waals surface area contributed by atoms with Gasteiger partial charge in [0.15, 0.2) is 12.4 Å². The Morgan fingerprint density at radius 2 is 1.88 bits per heavy atom. The fraction of sp³-hybridized carbons (Fsp3) is 0.423. The molecule has 0 unspecified atom stereocenters. The van der Waals surface area contributed by atoms with Crippen molar-refractivity contribution in [3.63, 3.8) is 0 Å². The van der Waals surface area contributed by atoms with E-state index in [1.165, 1.54) is 11.1 Å². The van der Waals surface area contributed by atoms with Crippen LogP contribution in [0.25, 0.3) is 0 Å². The summed E-state index contributed by atoms with van der Waals surface area (Å²) in [5.41, 5.74) is 3.70. The third kappa shape index (κ3) is 5.56. The van der Waals surface area contributed by atoms with Crippen molar-refractivity contribution in [2.24, 2.45) is 0 Å². The number of aromatic nitrogens is 3. The zero-order valence-electron chi connectivity index (χ0n) is 20.4. The van der Waals surface area contributed by atoms with Gasteiger partial charge in [-0.05, 0) is 55.7 Å². The highest BCUT2D eigenvalue weighted by atomic mass is 16.5. The Labute approximate surface area is 200 Å². The second-order valence-electron chi connectivity index (χ2n) is 8.79. The SMILES string of the molecule is COc1cc(C)c(CN2CCc3nnc([C@H](C)NC(=O)COc4ccccc4)n3CC2)cc1C. The van der Waals surface area contributed by atoms with Crippen molar-refractivity contribution in [2.75, 3.05) is 26.8 Å². The molecule has 1 aromatic heterocycles. The van der Waals surface area contributed by atoms with Gasteiger partial charge in [-0.2, -0.15) is 0 Å². The summed E-state index contributed by atoms with van der Waals surface area (Å²) in [4.78, 5) is 14.9. The molecule has 0 spiro atoms. The Morgan fingerprint density at radius 1 is 1.09 bits per heavy atom. The van der Waals surface area contributed by atoms with E-state index in [1.807, 2.05) is 37.3 Å². The summed E-state index contributed by atoms with van der Waals surface area (Å²) in [6.07, 6.45) is 0.818. The largest absolute Gasteiger partial charge is 0.496 e. The summed E-state index contributed by atoms with van der Waals surface area (Å²) >= 11 is 0. The minimum absolute atomic E-state index is 0.0379. The number of nitrogens with one attached hydrogen (secondary N) is 1. The molecule has 2 aromatic carbocycles. The van der Waals surface area contributed by atoms with Gasteiger partial charge in [0.25, 0.3) is 5.91 Å². The molecule has 0 fully saturated rings. The van der Waals surface area contributed by atoms with Gasteiger partial charge in [-0.25, -0.2) is 0 Å². The molecule has 0 aliphatic carbocycles. The van der Waals surface area contributed by atoms with E-state index in [1.54, 1.807) is 7.11 Å². The number of fused-ring (bicyclic) bond motifs is 1. The summed E-state index contributed by atoms with van der Waals surface area (Å²) in [7, 11) is 1.71. The van der Waals surface area contributed by atoms with Crippen LogP contribution in [-0.4, -0.2) is 52.4 Å². The minimum atomic E-state index is -0.258. The second kappa shape index (κ2) is 10.7. The van der Waals surface area contributed by atoms with Crippen LogP contribution in [0.4, 0.5) is 0 Å². The average Bonchev–Trinajstić information content (AvgIpc) is 3.14. The normalized spacial score (nSPS) is 14.7. The molecule has 1 amide bonds. The van der Waals surface area contributed by atoms with Crippen LogP contribution < -0.4 is 14.8 Å². The standard InChI is InChI=1S/C26H33N5O3/c1-18-15-23(33-4)19(2)14-21(18)16-30-11-10-24-28-29-26(31(24)13-12-30)20(3)27-25(32)17-34-22-8-6-5-7-9-22/h5-9,14-15,20H,10-13,16-17H2,1-4H3,(H,27,32)/t20-/m0/s1. The fourth-order valence-electron chi connectivity index (χ4n) is 4.36. The quantitative estimate of drug-likeness (QED) is 0.553. The Morgan fingerprint density at radius 3 is 2.65 bits per heavy atom. The number of hydrogen-bond acceptors (Lipinski definition) is 6. The van der Waals surface area contributed by atoms with Crippen LogP contribution in [0.3, 0.4) is 0 Å². The molecule has 1 atom stereocenters. The summed E-state index contributed by atoms with van der Waals surface area (Å²) in [6.45, 7) is 9.58. The van der Waals surface area contributed by atoms with Crippen LogP contribution in [0.1, 0.15) is 41.3 Å². The predicted octanol–water partition coefficient (Wildman–Crippen LogP) is 3.22. The summed E-state index contributed by atoms with van der Waals surface area (Å²) < 4.78 is 13.2. The Kier molecular flexibility index (Phi) is 7.47. The molecular formula is C26H33N5O3. The Bertz CT molecular complexity index is 1130.